The van der Waals surface area contributed by atoms with Gasteiger partial charge in [-0.2, -0.15) is 13.2 Å². The Morgan fingerprint density at radius 3 is 2.60 bits per heavy atom. The molecule has 3 rings (SSSR count). The fourth-order valence-corrected chi connectivity index (χ4v) is 2.66. The van der Waals surface area contributed by atoms with E-state index in [1.165, 1.54) is 0 Å². The highest BCUT2D eigenvalue weighted by Gasteiger charge is 2.31. The first-order valence-electron chi connectivity index (χ1n) is 7.41. The molecule has 0 aliphatic heterocycles. The molecule has 0 aliphatic carbocycles. The third-order valence-corrected chi connectivity index (χ3v) is 3.98. The minimum Gasteiger partial charge on any atom is -0.365 e. The number of aryl methyl sites for hydroxylation is 1. The van der Waals surface area contributed by atoms with Crippen molar-refractivity contribution in [3.8, 4) is 5.69 Å². The average Bonchev–Trinajstić information content (AvgIpc) is 2.99. The number of anilines is 1. The molecule has 130 valence electrons. The molecule has 2 aromatic heterocycles. The molecule has 0 spiro atoms. The molecule has 0 aliphatic rings. The molecule has 25 heavy (non-hydrogen) atoms. The Kier molecular flexibility index (Phi) is 4.67. The van der Waals surface area contributed by atoms with Gasteiger partial charge in [-0.05, 0) is 24.6 Å². The number of nitrogens with one attached hydrogen (secondary N) is 1. The van der Waals surface area contributed by atoms with E-state index in [-0.39, 0.29) is 10.8 Å². The van der Waals surface area contributed by atoms with Gasteiger partial charge in [-0.1, -0.05) is 29.8 Å². The van der Waals surface area contributed by atoms with Crippen molar-refractivity contribution in [2.45, 2.75) is 19.6 Å². The minimum atomic E-state index is -4.47. The lowest BCUT2D eigenvalue weighted by molar-refractivity contribution is -0.137. The number of pyridine rings is 1. The van der Waals surface area contributed by atoms with Crippen LogP contribution in [0.15, 0.2) is 48.9 Å². The lowest BCUT2D eigenvalue weighted by Gasteiger charge is -2.14. The average molecular weight is 367 g/mol. The van der Waals surface area contributed by atoms with E-state index in [1.54, 1.807) is 6.20 Å². The van der Waals surface area contributed by atoms with Crippen molar-refractivity contribution in [2.75, 3.05) is 5.32 Å². The quantitative estimate of drug-likeness (QED) is 0.717. The molecule has 0 amide bonds. The lowest BCUT2D eigenvalue weighted by Crippen LogP contribution is -2.09. The van der Waals surface area contributed by atoms with Crippen molar-refractivity contribution < 1.29 is 13.2 Å². The fraction of sp³-hybridized carbons (Fsp3) is 0.176. The highest BCUT2D eigenvalue weighted by atomic mass is 35.5. The summed E-state index contributed by atoms with van der Waals surface area (Å²) in [6.45, 7) is 2.24. The fourth-order valence-electron chi connectivity index (χ4n) is 2.43. The molecule has 0 atom stereocenters. The van der Waals surface area contributed by atoms with Crippen LogP contribution in [-0.2, 0) is 12.7 Å². The molecule has 0 bridgehead atoms. The normalized spacial score (nSPS) is 11.6. The summed E-state index contributed by atoms with van der Waals surface area (Å²) in [7, 11) is 0. The van der Waals surface area contributed by atoms with Crippen LogP contribution in [0.2, 0.25) is 5.02 Å². The number of halogens is 4. The van der Waals surface area contributed by atoms with Gasteiger partial charge in [0, 0.05) is 25.1 Å². The van der Waals surface area contributed by atoms with Gasteiger partial charge < -0.3 is 9.88 Å². The Balaban J connectivity index is 1.83. The number of imidazole rings is 1. The van der Waals surface area contributed by atoms with Gasteiger partial charge >= 0.3 is 6.18 Å². The molecule has 0 fully saturated rings. The van der Waals surface area contributed by atoms with Gasteiger partial charge in [-0.15, -0.1) is 0 Å². The summed E-state index contributed by atoms with van der Waals surface area (Å²) in [4.78, 5) is 7.99. The summed E-state index contributed by atoms with van der Waals surface area (Å²) in [6.07, 6.45) is -0.161. The number of nitrogens with zero attached hydrogens (tertiary/aromatic N) is 3. The first kappa shape index (κ1) is 17.3. The SMILES string of the molecule is Cc1nccn1-c1ccccc1CNc1ncc(C(F)(F)F)cc1Cl. The number of benzene rings is 1. The number of hydrogen-bond acceptors (Lipinski definition) is 3. The maximum atomic E-state index is 12.7. The predicted molar refractivity (Wildman–Crippen MR) is 89.9 cm³/mol. The topological polar surface area (TPSA) is 42.7 Å². The summed E-state index contributed by atoms with van der Waals surface area (Å²) in [6, 6.07) is 8.51. The van der Waals surface area contributed by atoms with Crippen LogP contribution in [0.3, 0.4) is 0 Å². The number of hydrogen-bond donors (Lipinski definition) is 1. The van der Waals surface area contributed by atoms with Gasteiger partial charge in [-0.3, -0.25) is 0 Å². The smallest absolute Gasteiger partial charge is 0.365 e. The molecule has 0 radical (unpaired) electrons. The highest BCUT2D eigenvalue weighted by Crippen LogP contribution is 2.32. The molecule has 2 heterocycles. The second kappa shape index (κ2) is 6.76. The first-order chi connectivity index (χ1) is 11.9. The summed E-state index contributed by atoms with van der Waals surface area (Å²) < 4.78 is 39.9. The van der Waals surface area contributed by atoms with Crippen molar-refractivity contribution in [3.63, 3.8) is 0 Å². The molecule has 1 aromatic carbocycles. The Hall–Kier alpha value is -2.54. The van der Waals surface area contributed by atoms with Crippen molar-refractivity contribution in [3.05, 3.63) is 70.9 Å². The van der Waals surface area contributed by atoms with E-state index in [9.17, 15) is 13.2 Å². The van der Waals surface area contributed by atoms with Gasteiger partial charge in [0.15, 0.2) is 0 Å². The lowest BCUT2D eigenvalue weighted by atomic mass is 10.1. The molecular formula is C17H14ClF3N4. The number of alkyl halides is 3. The Morgan fingerprint density at radius 1 is 1.20 bits per heavy atom. The van der Waals surface area contributed by atoms with Crippen LogP contribution in [0.1, 0.15) is 17.0 Å². The Bertz CT molecular complexity index is 890. The molecule has 8 heteroatoms. The summed E-state index contributed by atoms with van der Waals surface area (Å²) in [5, 5.41) is 2.91. The van der Waals surface area contributed by atoms with Crippen molar-refractivity contribution in [1.29, 1.82) is 0 Å². The summed E-state index contributed by atoms with van der Waals surface area (Å²) in [5.74, 6) is 1.03. The van der Waals surface area contributed by atoms with E-state index < -0.39 is 11.7 Å². The zero-order chi connectivity index (χ0) is 18.0. The van der Waals surface area contributed by atoms with Crippen LogP contribution >= 0.6 is 11.6 Å². The van der Waals surface area contributed by atoms with E-state index in [0.717, 1.165) is 29.3 Å². The first-order valence-corrected chi connectivity index (χ1v) is 7.79. The molecule has 3 aromatic rings. The second-order valence-corrected chi connectivity index (χ2v) is 5.79. The van der Waals surface area contributed by atoms with Gasteiger partial charge in [-0.25, -0.2) is 9.97 Å². The summed E-state index contributed by atoms with van der Waals surface area (Å²) >= 11 is 5.93. The largest absolute Gasteiger partial charge is 0.417 e. The van der Waals surface area contributed by atoms with Crippen LogP contribution in [0, 0.1) is 6.92 Å². The zero-order valence-electron chi connectivity index (χ0n) is 13.2. The maximum absolute atomic E-state index is 12.7. The zero-order valence-corrected chi connectivity index (χ0v) is 13.9. The molecule has 0 saturated heterocycles. The number of rotatable bonds is 4. The van der Waals surface area contributed by atoms with Gasteiger partial charge in [0.2, 0.25) is 0 Å². The van der Waals surface area contributed by atoms with Crippen LogP contribution < -0.4 is 5.32 Å². The number of aromatic nitrogens is 3. The van der Waals surface area contributed by atoms with Crippen molar-refractivity contribution in [2.24, 2.45) is 0 Å². The number of para-hydroxylation sites is 1. The molecular weight excluding hydrogens is 353 g/mol. The summed E-state index contributed by atoms with van der Waals surface area (Å²) in [5.41, 5.74) is 0.979. The van der Waals surface area contributed by atoms with Gasteiger partial charge in [0.25, 0.3) is 0 Å². The maximum Gasteiger partial charge on any atom is 0.417 e. The van der Waals surface area contributed by atoms with Crippen LogP contribution in [-0.4, -0.2) is 14.5 Å². The Labute approximate surface area is 147 Å². The van der Waals surface area contributed by atoms with E-state index in [1.807, 2.05) is 42.0 Å². The molecule has 4 nitrogen and oxygen atoms in total. The Morgan fingerprint density at radius 2 is 1.96 bits per heavy atom. The molecule has 0 saturated carbocycles. The molecule has 0 unspecified atom stereocenters. The third-order valence-electron chi connectivity index (χ3n) is 3.69. The second-order valence-electron chi connectivity index (χ2n) is 5.38. The third kappa shape index (κ3) is 3.76. The van der Waals surface area contributed by atoms with E-state index in [0.29, 0.717) is 6.54 Å². The minimum absolute atomic E-state index is 0.0777. The van der Waals surface area contributed by atoms with Crippen molar-refractivity contribution >= 4 is 17.4 Å². The van der Waals surface area contributed by atoms with E-state index in [2.05, 4.69) is 15.3 Å². The van der Waals surface area contributed by atoms with Gasteiger partial charge in [0.05, 0.1) is 16.3 Å². The van der Waals surface area contributed by atoms with Crippen LogP contribution in [0.25, 0.3) is 5.69 Å². The highest BCUT2D eigenvalue weighted by molar-refractivity contribution is 6.32. The van der Waals surface area contributed by atoms with Gasteiger partial charge in [0.1, 0.15) is 11.6 Å². The van der Waals surface area contributed by atoms with Crippen LogP contribution in [0.4, 0.5) is 19.0 Å². The van der Waals surface area contributed by atoms with E-state index in [4.69, 9.17) is 11.6 Å². The van der Waals surface area contributed by atoms with E-state index >= 15 is 0 Å². The monoisotopic (exact) mass is 366 g/mol. The standard InChI is InChI=1S/C17H14ClF3N4/c1-11-22-6-7-25(11)15-5-3-2-4-12(15)9-23-16-14(18)8-13(10-24-16)17(19,20)21/h2-8,10H,9H2,1H3,(H,23,24). The predicted octanol–water partition coefficient (Wildman–Crippen LogP) is 4.86. The van der Waals surface area contributed by atoms with Crippen LogP contribution in [0.5, 0.6) is 0 Å². The van der Waals surface area contributed by atoms with Crippen molar-refractivity contribution in [1.82, 2.24) is 14.5 Å². The molecule has 1 N–H and O–H groups in total.